The molecule has 0 N–H and O–H groups in total. The van der Waals surface area contributed by atoms with E-state index in [9.17, 15) is 0 Å². The van der Waals surface area contributed by atoms with Crippen LogP contribution in [0.2, 0.25) is 0 Å². The molecule has 1 aromatic heterocycles. The first-order chi connectivity index (χ1) is 15.3. The van der Waals surface area contributed by atoms with Gasteiger partial charge in [0.25, 0.3) is 0 Å². The fourth-order valence-corrected chi connectivity index (χ4v) is 3.32. The van der Waals surface area contributed by atoms with Crippen LogP contribution >= 0.6 is 0 Å². The first kappa shape index (κ1) is 19.7. The first-order valence-corrected chi connectivity index (χ1v) is 9.81. The molecule has 146 valence electrons. The van der Waals surface area contributed by atoms with Gasteiger partial charge in [-0.15, -0.1) is 0 Å². The van der Waals surface area contributed by atoms with Crippen LogP contribution in [0.4, 0.5) is 0 Å². The Bertz CT molecular complexity index is 1300. The molecule has 3 nitrogen and oxygen atoms in total. The Balaban J connectivity index is 1.73. The number of nitrogens with zero attached hydrogens (tertiary/aromatic N) is 2. The molecule has 0 atom stereocenters. The van der Waals surface area contributed by atoms with E-state index >= 15 is 0 Å². The monoisotopic (exact) mass is 398 g/mol. The molecule has 0 radical (unpaired) electrons. The molecule has 4 aromatic rings. The van der Waals surface area contributed by atoms with Crippen molar-refractivity contribution >= 4 is 17.7 Å². The Kier molecular flexibility index (Phi) is 5.89. The predicted octanol–water partition coefficient (Wildman–Crippen LogP) is 6.97. The maximum atomic E-state index is 8.95. The van der Waals surface area contributed by atoms with Gasteiger partial charge in [0, 0.05) is 6.08 Å². The zero-order valence-corrected chi connectivity index (χ0v) is 16.7. The molecule has 3 aromatic carbocycles. The van der Waals surface area contributed by atoms with E-state index in [2.05, 4.69) is 48.5 Å². The molecule has 0 saturated heterocycles. The summed E-state index contributed by atoms with van der Waals surface area (Å²) in [4.78, 5) is 0. The summed E-state index contributed by atoms with van der Waals surface area (Å²) in [6.07, 6.45) is 3.41. The molecule has 0 bridgehead atoms. The highest BCUT2D eigenvalue weighted by Crippen LogP contribution is 2.29. The molecule has 0 amide bonds. The average Bonchev–Trinajstić information content (AvgIpc) is 3.29. The van der Waals surface area contributed by atoms with Gasteiger partial charge in [-0.1, -0.05) is 84.9 Å². The Morgan fingerprint density at radius 3 is 1.71 bits per heavy atom. The Morgan fingerprint density at radius 2 is 1.10 bits per heavy atom. The predicted molar refractivity (Wildman–Crippen MR) is 123 cm³/mol. The minimum absolute atomic E-state index is 0.00432. The van der Waals surface area contributed by atoms with Gasteiger partial charge in [0.2, 0.25) is 0 Å². The first-order valence-electron chi connectivity index (χ1n) is 9.81. The standard InChI is InChI=1S/C28H18N2O/c29-19-21(20-30)17-26-15-16-27(31-26)18-28(24-9-5-2-6-10-24)25-13-11-23(12-14-25)22-7-3-1-4-8-22/h1-18H/b28-18+. The van der Waals surface area contributed by atoms with E-state index in [1.54, 1.807) is 6.07 Å². The number of rotatable bonds is 5. The lowest BCUT2D eigenvalue weighted by atomic mass is 9.95. The van der Waals surface area contributed by atoms with E-state index in [4.69, 9.17) is 14.9 Å². The van der Waals surface area contributed by atoms with Crippen LogP contribution in [-0.2, 0) is 0 Å². The molecule has 0 spiro atoms. The molecule has 4 rings (SSSR count). The number of furan rings is 1. The smallest absolute Gasteiger partial charge is 0.133 e. The normalized spacial score (nSPS) is 10.7. The van der Waals surface area contributed by atoms with Gasteiger partial charge < -0.3 is 4.42 Å². The van der Waals surface area contributed by atoms with Gasteiger partial charge in [0.15, 0.2) is 0 Å². The molecule has 0 aliphatic rings. The van der Waals surface area contributed by atoms with Crippen molar-refractivity contribution in [3.8, 4) is 23.3 Å². The topological polar surface area (TPSA) is 60.7 Å². The Labute approximate surface area is 181 Å². The van der Waals surface area contributed by atoms with Gasteiger partial charge in [0.1, 0.15) is 29.2 Å². The minimum Gasteiger partial charge on any atom is -0.457 e. The third-order valence-corrected chi connectivity index (χ3v) is 4.85. The van der Waals surface area contributed by atoms with Gasteiger partial charge in [-0.25, -0.2) is 0 Å². The number of allylic oxidation sites excluding steroid dienone is 1. The van der Waals surface area contributed by atoms with Crippen LogP contribution in [0.3, 0.4) is 0 Å². The van der Waals surface area contributed by atoms with Crippen LogP contribution in [0, 0.1) is 22.7 Å². The number of hydrogen-bond acceptors (Lipinski definition) is 3. The highest BCUT2D eigenvalue weighted by Gasteiger charge is 2.08. The summed E-state index contributed by atoms with van der Waals surface area (Å²) in [7, 11) is 0. The van der Waals surface area contributed by atoms with Crippen molar-refractivity contribution in [1.29, 1.82) is 10.5 Å². The van der Waals surface area contributed by atoms with Gasteiger partial charge >= 0.3 is 0 Å². The lowest BCUT2D eigenvalue weighted by Gasteiger charge is -2.10. The second-order valence-electron chi connectivity index (χ2n) is 6.89. The third-order valence-electron chi connectivity index (χ3n) is 4.85. The molecule has 1 heterocycles. The Hall–Kier alpha value is -4.60. The second-order valence-corrected chi connectivity index (χ2v) is 6.89. The van der Waals surface area contributed by atoms with Gasteiger partial charge in [-0.3, -0.25) is 0 Å². The molecule has 0 fully saturated rings. The van der Waals surface area contributed by atoms with E-state index in [0.29, 0.717) is 11.5 Å². The average molecular weight is 398 g/mol. The van der Waals surface area contributed by atoms with Crippen molar-refractivity contribution in [3.05, 3.63) is 125 Å². The molecule has 0 unspecified atom stereocenters. The van der Waals surface area contributed by atoms with Crippen LogP contribution in [0.1, 0.15) is 22.6 Å². The summed E-state index contributed by atoms with van der Waals surface area (Å²) in [5.74, 6) is 1.11. The molecular weight excluding hydrogens is 380 g/mol. The summed E-state index contributed by atoms with van der Waals surface area (Å²) >= 11 is 0. The van der Waals surface area contributed by atoms with Crippen LogP contribution in [-0.4, -0.2) is 0 Å². The fourth-order valence-electron chi connectivity index (χ4n) is 3.32. The van der Waals surface area contributed by atoms with Gasteiger partial charge in [-0.2, -0.15) is 10.5 Å². The summed E-state index contributed by atoms with van der Waals surface area (Å²) in [5.41, 5.74) is 5.48. The highest BCUT2D eigenvalue weighted by molar-refractivity contribution is 5.91. The van der Waals surface area contributed by atoms with E-state index in [1.807, 2.05) is 60.7 Å². The van der Waals surface area contributed by atoms with Crippen molar-refractivity contribution in [2.75, 3.05) is 0 Å². The SMILES string of the molecule is N#CC(C#N)=Cc1ccc(/C=C(\c2ccccc2)c2ccc(-c3ccccc3)cc2)o1. The largest absolute Gasteiger partial charge is 0.457 e. The number of hydrogen-bond donors (Lipinski definition) is 0. The van der Waals surface area contributed by atoms with Crippen LogP contribution in [0.15, 0.2) is 107 Å². The van der Waals surface area contributed by atoms with E-state index in [-0.39, 0.29) is 5.57 Å². The third kappa shape index (κ3) is 4.70. The van der Waals surface area contributed by atoms with Crippen molar-refractivity contribution in [1.82, 2.24) is 0 Å². The summed E-state index contributed by atoms with van der Waals surface area (Å²) in [6, 6.07) is 36.1. The second kappa shape index (κ2) is 9.27. The van der Waals surface area contributed by atoms with Crippen molar-refractivity contribution in [2.45, 2.75) is 0 Å². The zero-order chi connectivity index (χ0) is 21.5. The molecule has 0 saturated carbocycles. The molecular formula is C28H18N2O. The number of benzene rings is 3. The van der Waals surface area contributed by atoms with Crippen molar-refractivity contribution in [3.63, 3.8) is 0 Å². The van der Waals surface area contributed by atoms with E-state index in [1.165, 1.54) is 11.6 Å². The van der Waals surface area contributed by atoms with Crippen molar-refractivity contribution < 1.29 is 4.42 Å². The molecule has 31 heavy (non-hydrogen) atoms. The molecule has 0 aliphatic heterocycles. The summed E-state index contributed by atoms with van der Waals surface area (Å²) in [5, 5.41) is 17.9. The maximum absolute atomic E-state index is 8.95. The van der Waals surface area contributed by atoms with Gasteiger partial charge in [0.05, 0.1) is 0 Å². The number of nitriles is 2. The molecule has 0 aliphatic carbocycles. The zero-order valence-electron chi connectivity index (χ0n) is 16.7. The van der Waals surface area contributed by atoms with E-state index < -0.39 is 0 Å². The quantitative estimate of drug-likeness (QED) is 0.341. The van der Waals surface area contributed by atoms with E-state index in [0.717, 1.165) is 22.3 Å². The van der Waals surface area contributed by atoms with Crippen LogP contribution < -0.4 is 0 Å². The minimum atomic E-state index is 0.00432. The Morgan fingerprint density at radius 1 is 0.581 bits per heavy atom. The summed E-state index contributed by atoms with van der Waals surface area (Å²) < 4.78 is 5.83. The fraction of sp³-hybridized carbons (Fsp3) is 0. The van der Waals surface area contributed by atoms with Gasteiger partial charge in [-0.05, 0) is 46.0 Å². The highest BCUT2D eigenvalue weighted by atomic mass is 16.3. The maximum Gasteiger partial charge on any atom is 0.133 e. The lowest BCUT2D eigenvalue weighted by Crippen LogP contribution is -1.88. The lowest BCUT2D eigenvalue weighted by molar-refractivity contribution is 0.547. The van der Waals surface area contributed by atoms with Crippen LogP contribution in [0.5, 0.6) is 0 Å². The van der Waals surface area contributed by atoms with Crippen LogP contribution in [0.25, 0.3) is 28.9 Å². The van der Waals surface area contributed by atoms with Crippen molar-refractivity contribution in [2.24, 2.45) is 0 Å². The molecule has 3 heteroatoms. The summed E-state index contributed by atoms with van der Waals surface area (Å²) in [6.45, 7) is 0.